The van der Waals surface area contributed by atoms with E-state index in [0.717, 1.165) is 0 Å². The van der Waals surface area contributed by atoms with Gasteiger partial charge in [-0.1, -0.05) is 6.07 Å². The summed E-state index contributed by atoms with van der Waals surface area (Å²) in [5.41, 5.74) is 0.863. The lowest BCUT2D eigenvalue weighted by Crippen LogP contribution is -2.50. The number of aryl methyl sites for hydroxylation is 1. The Morgan fingerprint density at radius 3 is 2.70 bits per heavy atom. The van der Waals surface area contributed by atoms with Crippen molar-refractivity contribution in [3.05, 3.63) is 29.3 Å². The molecule has 20 heavy (non-hydrogen) atoms. The third kappa shape index (κ3) is 2.66. The molecule has 0 unspecified atom stereocenters. The van der Waals surface area contributed by atoms with Crippen LogP contribution in [0.25, 0.3) is 0 Å². The van der Waals surface area contributed by atoms with Crippen LogP contribution < -0.4 is 0 Å². The highest BCUT2D eigenvalue weighted by Gasteiger charge is 2.38. The van der Waals surface area contributed by atoms with E-state index in [2.05, 4.69) is 0 Å². The number of sulfonamides is 1. The molecule has 1 aliphatic heterocycles. The van der Waals surface area contributed by atoms with Gasteiger partial charge in [0.05, 0.1) is 22.9 Å². The van der Waals surface area contributed by atoms with E-state index in [1.165, 1.54) is 10.4 Å². The van der Waals surface area contributed by atoms with Gasteiger partial charge in [0, 0.05) is 13.1 Å². The zero-order valence-electron chi connectivity index (χ0n) is 10.9. The molecule has 106 valence electrons. The molecule has 0 saturated carbocycles. The Hall–Kier alpha value is -1.91. The highest BCUT2D eigenvalue weighted by molar-refractivity contribution is 7.89. The average Bonchev–Trinajstić information content (AvgIpc) is 2.33. The summed E-state index contributed by atoms with van der Waals surface area (Å²) in [6, 6.07) is 6.44. The van der Waals surface area contributed by atoms with Crippen LogP contribution in [-0.4, -0.2) is 36.9 Å². The summed E-state index contributed by atoms with van der Waals surface area (Å²) in [4.78, 5) is 10.7. The number of nitrogens with zero attached hydrogens (tertiary/aromatic N) is 2. The SMILES string of the molecule is Cc1ccc(C#N)cc1S(=O)(=O)N1CC(CC(=O)O)C1. The maximum atomic E-state index is 12.4. The van der Waals surface area contributed by atoms with Crippen molar-refractivity contribution in [2.45, 2.75) is 18.2 Å². The van der Waals surface area contributed by atoms with Crippen LogP contribution in [0.2, 0.25) is 0 Å². The fourth-order valence-corrected chi connectivity index (χ4v) is 4.02. The van der Waals surface area contributed by atoms with E-state index in [9.17, 15) is 13.2 Å². The maximum absolute atomic E-state index is 12.4. The lowest BCUT2D eigenvalue weighted by molar-refractivity contribution is -0.139. The molecule has 0 radical (unpaired) electrons. The second-order valence-corrected chi connectivity index (χ2v) is 6.78. The Morgan fingerprint density at radius 1 is 1.50 bits per heavy atom. The van der Waals surface area contributed by atoms with E-state index in [-0.39, 0.29) is 35.9 Å². The van der Waals surface area contributed by atoms with Crippen molar-refractivity contribution >= 4 is 16.0 Å². The summed E-state index contributed by atoms with van der Waals surface area (Å²) in [6.45, 7) is 2.10. The Balaban J connectivity index is 2.21. The third-order valence-electron chi connectivity index (χ3n) is 3.32. The van der Waals surface area contributed by atoms with Gasteiger partial charge in [0.1, 0.15) is 0 Å². The molecule has 0 bridgehead atoms. The van der Waals surface area contributed by atoms with E-state index in [0.29, 0.717) is 5.56 Å². The molecule has 0 amide bonds. The van der Waals surface area contributed by atoms with Crippen molar-refractivity contribution in [2.75, 3.05) is 13.1 Å². The molecular formula is C13H14N2O4S. The van der Waals surface area contributed by atoms with Crippen molar-refractivity contribution < 1.29 is 18.3 Å². The van der Waals surface area contributed by atoms with Crippen molar-refractivity contribution in [1.82, 2.24) is 4.31 Å². The van der Waals surface area contributed by atoms with Gasteiger partial charge in [-0.25, -0.2) is 8.42 Å². The van der Waals surface area contributed by atoms with Gasteiger partial charge < -0.3 is 5.11 Å². The Morgan fingerprint density at radius 2 is 2.15 bits per heavy atom. The highest BCUT2D eigenvalue weighted by atomic mass is 32.2. The van der Waals surface area contributed by atoms with Crippen LogP contribution in [0.1, 0.15) is 17.5 Å². The number of carboxylic acids is 1. The normalized spacial score (nSPS) is 16.4. The van der Waals surface area contributed by atoms with Crippen LogP contribution in [0.4, 0.5) is 0 Å². The molecule has 0 aromatic heterocycles. The molecule has 1 aliphatic rings. The number of carboxylic acid groups (broad SMARTS) is 1. The smallest absolute Gasteiger partial charge is 0.303 e. The summed E-state index contributed by atoms with van der Waals surface area (Å²) in [5, 5.41) is 17.5. The van der Waals surface area contributed by atoms with Gasteiger partial charge in [-0.2, -0.15) is 9.57 Å². The van der Waals surface area contributed by atoms with E-state index in [4.69, 9.17) is 10.4 Å². The van der Waals surface area contributed by atoms with E-state index in [1.807, 2.05) is 6.07 Å². The molecule has 1 aromatic rings. The van der Waals surface area contributed by atoms with Crippen molar-refractivity contribution in [2.24, 2.45) is 5.92 Å². The van der Waals surface area contributed by atoms with Crippen molar-refractivity contribution in [1.29, 1.82) is 5.26 Å². The minimum atomic E-state index is -3.64. The number of hydrogen-bond acceptors (Lipinski definition) is 4. The average molecular weight is 294 g/mol. The predicted octanol–water partition coefficient (Wildman–Crippen LogP) is 0.962. The first-order valence-corrected chi connectivity index (χ1v) is 7.51. The summed E-state index contributed by atoms with van der Waals surface area (Å²) < 4.78 is 26.1. The number of aliphatic carboxylic acids is 1. The Labute approximate surface area is 117 Å². The van der Waals surface area contributed by atoms with Crippen LogP contribution in [0.5, 0.6) is 0 Å². The van der Waals surface area contributed by atoms with E-state index >= 15 is 0 Å². The minimum absolute atomic E-state index is 0.0246. The molecule has 0 atom stereocenters. The monoisotopic (exact) mass is 294 g/mol. The number of rotatable bonds is 4. The molecule has 6 nitrogen and oxygen atoms in total. The first kappa shape index (κ1) is 14.5. The molecule has 0 spiro atoms. The number of carbonyl (C=O) groups is 1. The molecule has 1 N–H and O–H groups in total. The van der Waals surface area contributed by atoms with Crippen LogP contribution in [0, 0.1) is 24.2 Å². The molecule has 1 saturated heterocycles. The number of hydrogen-bond donors (Lipinski definition) is 1. The van der Waals surface area contributed by atoms with Crippen molar-refractivity contribution in [3.63, 3.8) is 0 Å². The summed E-state index contributed by atoms with van der Waals surface area (Å²) in [5.74, 6) is -1.06. The summed E-state index contributed by atoms with van der Waals surface area (Å²) in [7, 11) is -3.64. The molecule has 1 aromatic carbocycles. The van der Waals surface area contributed by atoms with E-state index in [1.54, 1.807) is 19.1 Å². The van der Waals surface area contributed by atoms with Crippen LogP contribution >= 0.6 is 0 Å². The zero-order chi connectivity index (χ0) is 14.9. The van der Waals surface area contributed by atoms with E-state index < -0.39 is 16.0 Å². The standard InChI is InChI=1S/C13H14N2O4S/c1-9-2-3-10(6-14)4-12(9)20(18,19)15-7-11(8-15)5-13(16)17/h2-4,11H,5,7-8H2,1H3,(H,16,17). The van der Waals surface area contributed by atoms with Crippen LogP contribution in [0.15, 0.2) is 23.1 Å². The van der Waals surface area contributed by atoms with Gasteiger partial charge >= 0.3 is 5.97 Å². The molecule has 0 aliphatic carbocycles. The Kier molecular flexibility index (Phi) is 3.79. The number of nitriles is 1. The van der Waals surface area contributed by atoms with Gasteiger partial charge in [0.25, 0.3) is 0 Å². The first-order valence-electron chi connectivity index (χ1n) is 6.07. The summed E-state index contributed by atoms with van der Waals surface area (Å²) >= 11 is 0. The molecule has 2 rings (SSSR count). The molecule has 1 heterocycles. The minimum Gasteiger partial charge on any atom is -0.481 e. The fraction of sp³-hybridized carbons (Fsp3) is 0.385. The first-order chi connectivity index (χ1) is 9.34. The maximum Gasteiger partial charge on any atom is 0.303 e. The quantitative estimate of drug-likeness (QED) is 0.891. The van der Waals surface area contributed by atoms with Gasteiger partial charge in [-0.15, -0.1) is 0 Å². The summed E-state index contributed by atoms with van der Waals surface area (Å²) in [6.07, 6.45) is -0.0246. The zero-order valence-corrected chi connectivity index (χ0v) is 11.7. The molecular weight excluding hydrogens is 280 g/mol. The third-order valence-corrected chi connectivity index (χ3v) is 5.30. The lowest BCUT2D eigenvalue weighted by Gasteiger charge is -2.37. The lowest BCUT2D eigenvalue weighted by atomic mass is 10.00. The second-order valence-electron chi connectivity index (χ2n) is 4.88. The number of benzene rings is 1. The van der Waals surface area contributed by atoms with Crippen LogP contribution in [0.3, 0.4) is 0 Å². The van der Waals surface area contributed by atoms with Crippen molar-refractivity contribution in [3.8, 4) is 6.07 Å². The molecule has 7 heteroatoms. The molecule has 1 fully saturated rings. The van der Waals surface area contributed by atoms with Gasteiger partial charge in [-0.3, -0.25) is 4.79 Å². The Bertz CT molecular complexity index is 685. The largest absolute Gasteiger partial charge is 0.481 e. The van der Waals surface area contributed by atoms with Gasteiger partial charge in [-0.05, 0) is 30.5 Å². The van der Waals surface area contributed by atoms with Gasteiger partial charge in [0.15, 0.2) is 0 Å². The fourth-order valence-electron chi connectivity index (χ4n) is 2.18. The van der Waals surface area contributed by atoms with Crippen LogP contribution in [-0.2, 0) is 14.8 Å². The second kappa shape index (κ2) is 5.23. The van der Waals surface area contributed by atoms with Gasteiger partial charge in [0.2, 0.25) is 10.0 Å². The highest BCUT2D eigenvalue weighted by Crippen LogP contribution is 2.29. The predicted molar refractivity (Wildman–Crippen MR) is 70.4 cm³/mol. The topological polar surface area (TPSA) is 98.5 Å².